The van der Waals surface area contributed by atoms with Crippen molar-refractivity contribution < 1.29 is 13.5 Å². The van der Waals surface area contributed by atoms with Gasteiger partial charge in [-0.2, -0.15) is 0 Å². The maximum atomic E-state index is 13.9. The van der Waals surface area contributed by atoms with Crippen LogP contribution in [0.3, 0.4) is 0 Å². The summed E-state index contributed by atoms with van der Waals surface area (Å²) in [5.41, 5.74) is 0. The van der Waals surface area contributed by atoms with Crippen molar-refractivity contribution in [3.8, 4) is 0 Å². The minimum absolute atomic E-state index is 0.0440. The van der Waals surface area contributed by atoms with E-state index >= 15 is 0 Å². The van der Waals surface area contributed by atoms with Gasteiger partial charge in [0.2, 0.25) is 0 Å². The molecule has 108 valence electrons. The van der Waals surface area contributed by atoms with Gasteiger partial charge < -0.3 is 15.0 Å². The minimum atomic E-state index is -0.694. The zero-order chi connectivity index (χ0) is 14.4. The van der Waals surface area contributed by atoms with Crippen LogP contribution in [0.4, 0.5) is 20.4 Å². The first kappa shape index (κ1) is 15.6. The van der Waals surface area contributed by atoms with Crippen LogP contribution in [0, 0.1) is 17.6 Å². The fourth-order valence-electron chi connectivity index (χ4n) is 1.78. The van der Waals surface area contributed by atoms with Crippen LogP contribution in [0.25, 0.3) is 0 Å². The van der Waals surface area contributed by atoms with E-state index in [0.29, 0.717) is 25.6 Å². The van der Waals surface area contributed by atoms with E-state index in [2.05, 4.69) is 10.3 Å². The third-order valence-corrected chi connectivity index (χ3v) is 2.60. The maximum Gasteiger partial charge on any atom is 0.168 e. The zero-order valence-corrected chi connectivity index (χ0v) is 11.8. The summed E-state index contributed by atoms with van der Waals surface area (Å²) in [4.78, 5) is 5.77. The molecule has 1 rings (SSSR count). The summed E-state index contributed by atoms with van der Waals surface area (Å²) in [6.45, 7) is 5.65. The number of nitrogens with zero attached hydrogens (tertiary/aromatic N) is 2. The van der Waals surface area contributed by atoms with Gasteiger partial charge in [0.15, 0.2) is 23.3 Å². The summed E-state index contributed by atoms with van der Waals surface area (Å²) in [6, 6.07) is 0.855. The highest BCUT2D eigenvalue weighted by atomic mass is 19.1. The molecule has 1 N–H and O–H groups in total. The molecule has 0 fully saturated rings. The number of halogens is 2. The Morgan fingerprint density at radius 1 is 1.37 bits per heavy atom. The first-order valence-corrected chi connectivity index (χ1v) is 6.27. The normalized spacial score (nSPS) is 10.9. The Balaban J connectivity index is 3.05. The second-order valence-electron chi connectivity index (χ2n) is 4.71. The lowest BCUT2D eigenvalue weighted by Crippen LogP contribution is -2.32. The van der Waals surface area contributed by atoms with Gasteiger partial charge in [-0.25, -0.2) is 13.8 Å². The van der Waals surface area contributed by atoms with Gasteiger partial charge in [-0.15, -0.1) is 0 Å². The molecule has 0 saturated heterocycles. The lowest BCUT2D eigenvalue weighted by molar-refractivity contribution is 0.204. The number of anilines is 2. The Morgan fingerprint density at radius 2 is 2.05 bits per heavy atom. The molecular weight excluding hydrogens is 252 g/mol. The van der Waals surface area contributed by atoms with Crippen molar-refractivity contribution in [2.45, 2.75) is 13.8 Å². The SMILES string of the molecule is CNc1nc(N(CCOC)CC(C)C)c(F)cc1F. The van der Waals surface area contributed by atoms with E-state index in [-0.39, 0.29) is 11.6 Å². The summed E-state index contributed by atoms with van der Waals surface area (Å²) < 4.78 is 32.3. The van der Waals surface area contributed by atoms with Crippen LogP contribution in [0.15, 0.2) is 6.07 Å². The molecule has 0 aromatic carbocycles. The second-order valence-corrected chi connectivity index (χ2v) is 4.71. The van der Waals surface area contributed by atoms with Crippen molar-refractivity contribution >= 4 is 11.6 Å². The van der Waals surface area contributed by atoms with Gasteiger partial charge in [0, 0.05) is 33.3 Å². The van der Waals surface area contributed by atoms with Crippen LogP contribution in [-0.2, 0) is 4.74 Å². The summed E-state index contributed by atoms with van der Waals surface area (Å²) in [5.74, 6) is -0.826. The van der Waals surface area contributed by atoms with Crippen LogP contribution >= 0.6 is 0 Å². The molecule has 19 heavy (non-hydrogen) atoms. The topological polar surface area (TPSA) is 37.4 Å². The van der Waals surface area contributed by atoms with Crippen molar-refractivity contribution in [2.75, 3.05) is 44.1 Å². The molecule has 0 bridgehead atoms. The molecule has 1 heterocycles. The van der Waals surface area contributed by atoms with Gasteiger partial charge >= 0.3 is 0 Å². The number of methoxy groups -OCH3 is 1. The third-order valence-electron chi connectivity index (χ3n) is 2.60. The first-order chi connectivity index (χ1) is 8.99. The molecule has 0 amide bonds. The lowest BCUT2D eigenvalue weighted by atomic mass is 10.2. The van der Waals surface area contributed by atoms with Gasteiger partial charge in [-0.05, 0) is 5.92 Å². The van der Waals surface area contributed by atoms with Gasteiger partial charge in [0.25, 0.3) is 0 Å². The molecule has 0 aliphatic heterocycles. The number of pyridine rings is 1. The average Bonchev–Trinajstić information content (AvgIpc) is 2.34. The molecular formula is C13H21F2N3O. The molecule has 0 aliphatic carbocycles. The molecule has 6 heteroatoms. The second kappa shape index (κ2) is 7.23. The zero-order valence-electron chi connectivity index (χ0n) is 11.8. The minimum Gasteiger partial charge on any atom is -0.383 e. The van der Waals surface area contributed by atoms with Gasteiger partial charge in [0.05, 0.1) is 6.61 Å². The summed E-state index contributed by atoms with van der Waals surface area (Å²) in [7, 11) is 3.13. The van der Waals surface area contributed by atoms with E-state index < -0.39 is 11.6 Å². The Bertz CT molecular complexity index is 413. The number of nitrogens with one attached hydrogen (secondary N) is 1. The molecule has 0 atom stereocenters. The Hall–Kier alpha value is -1.43. The fourth-order valence-corrected chi connectivity index (χ4v) is 1.78. The maximum absolute atomic E-state index is 13.9. The van der Waals surface area contributed by atoms with Crippen LogP contribution in [-0.4, -0.2) is 38.8 Å². The van der Waals surface area contributed by atoms with Crippen LogP contribution in [0.1, 0.15) is 13.8 Å². The van der Waals surface area contributed by atoms with Crippen molar-refractivity contribution in [2.24, 2.45) is 5.92 Å². The van der Waals surface area contributed by atoms with Crippen LogP contribution in [0.2, 0.25) is 0 Å². The van der Waals surface area contributed by atoms with Crippen molar-refractivity contribution in [3.05, 3.63) is 17.7 Å². The molecule has 0 saturated carbocycles. The largest absolute Gasteiger partial charge is 0.383 e. The molecule has 0 spiro atoms. The number of aromatic nitrogens is 1. The monoisotopic (exact) mass is 273 g/mol. The summed E-state index contributed by atoms with van der Waals surface area (Å²) in [5, 5.41) is 2.62. The van der Waals surface area contributed by atoms with Gasteiger partial charge in [0.1, 0.15) is 0 Å². The molecule has 1 aromatic heterocycles. The highest BCUT2D eigenvalue weighted by Crippen LogP contribution is 2.22. The predicted octanol–water partition coefficient (Wildman–Crippen LogP) is 2.51. The quantitative estimate of drug-likeness (QED) is 0.828. The molecule has 0 aliphatic rings. The van der Waals surface area contributed by atoms with Crippen molar-refractivity contribution in [1.82, 2.24) is 4.98 Å². The summed E-state index contributed by atoms with van der Waals surface area (Å²) in [6.07, 6.45) is 0. The molecule has 0 radical (unpaired) electrons. The van der Waals surface area contributed by atoms with E-state index in [1.165, 1.54) is 0 Å². The number of hydrogen-bond donors (Lipinski definition) is 1. The standard InChI is InChI=1S/C13H21F2N3O/c1-9(2)8-18(5-6-19-4)13-11(15)7-10(14)12(16-3)17-13/h7,9H,5-6,8H2,1-4H3,(H,16,17). The van der Waals surface area contributed by atoms with Gasteiger partial charge in [-0.3, -0.25) is 0 Å². The smallest absolute Gasteiger partial charge is 0.168 e. The van der Waals surface area contributed by atoms with Crippen molar-refractivity contribution in [3.63, 3.8) is 0 Å². The van der Waals surface area contributed by atoms with Gasteiger partial charge in [-0.1, -0.05) is 13.8 Å². The van der Waals surface area contributed by atoms with Crippen LogP contribution < -0.4 is 10.2 Å². The number of rotatable bonds is 7. The Morgan fingerprint density at radius 3 is 2.58 bits per heavy atom. The molecule has 1 aromatic rings. The fraction of sp³-hybridized carbons (Fsp3) is 0.615. The van der Waals surface area contributed by atoms with Crippen LogP contribution in [0.5, 0.6) is 0 Å². The van der Waals surface area contributed by atoms with E-state index in [1.807, 2.05) is 13.8 Å². The highest BCUT2D eigenvalue weighted by Gasteiger charge is 2.18. The molecule has 0 unspecified atom stereocenters. The van der Waals surface area contributed by atoms with E-state index in [0.717, 1.165) is 6.07 Å². The highest BCUT2D eigenvalue weighted by molar-refractivity contribution is 5.49. The average molecular weight is 273 g/mol. The van der Waals surface area contributed by atoms with E-state index in [4.69, 9.17) is 4.74 Å². The van der Waals surface area contributed by atoms with Crippen molar-refractivity contribution in [1.29, 1.82) is 0 Å². The Labute approximate surface area is 112 Å². The Kier molecular flexibility index (Phi) is 5.95. The van der Waals surface area contributed by atoms with E-state index in [9.17, 15) is 8.78 Å². The lowest BCUT2D eigenvalue weighted by Gasteiger charge is -2.26. The number of ether oxygens (including phenoxy) is 1. The first-order valence-electron chi connectivity index (χ1n) is 6.27. The summed E-state index contributed by atoms with van der Waals surface area (Å²) >= 11 is 0. The van der Waals surface area contributed by atoms with E-state index in [1.54, 1.807) is 19.1 Å². The number of hydrogen-bond acceptors (Lipinski definition) is 4. The predicted molar refractivity (Wildman–Crippen MR) is 72.6 cm³/mol. The molecule has 4 nitrogen and oxygen atoms in total. The third kappa shape index (κ3) is 4.31.